The molecule has 0 bridgehead atoms. The van der Waals surface area contributed by atoms with Gasteiger partial charge in [-0.1, -0.05) is 19.9 Å². The number of rotatable bonds is 6. The van der Waals surface area contributed by atoms with Crippen LogP contribution in [0, 0.1) is 16.0 Å². The first kappa shape index (κ1) is 15.1. The minimum absolute atomic E-state index is 0.0158. The van der Waals surface area contributed by atoms with Crippen molar-refractivity contribution in [2.45, 2.75) is 26.3 Å². The van der Waals surface area contributed by atoms with Crippen molar-refractivity contribution in [2.24, 2.45) is 5.92 Å². The summed E-state index contributed by atoms with van der Waals surface area (Å²) in [6, 6.07) is 5.43. The van der Waals surface area contributed by atoms with Gasteiger partial charge in [-0.2, -0.15) is 0 Å². The van der Waals surface area contributed by atoms with Crippen LogP contribution in [0.5, 0.6) is 0 Å². The van der Waals surface area contributed by atoms with Gasteiger partial charge in [0, 0.05) is 30.3 Å². The van der Waals surface area contributed by atoms with E-state index < -0.39 is 4.92 Å². The molecule has 0 saturated carbocycles. The van der Waals surface area contributed by atoms with E-state index in [4.69, 9.17) is 5.11 Å². The van der Waals surface area contributed by atoms with Gasteiger partial charge < -0.3 is 10.4 Å². The van der Waals surface area contributed by atoms with Gasteiger partial charge >= 0.3 is 0 Å². The first-order valence-corrected chi connectivity index (χ1v) is 6.12. The average Bonchev–Trinajstić information content (AvgIpc) is 2.38. The fourth-order valence-electron chi connectivity index (χ4n) is 1.72. The molecule has 104 valence electrons. The number of nitrogens with zero attached hydrogens (tertiary/aromatic N) is 1. The summed E-state index contributed by atoms with van der Waals surface area (Å²) in [4.78, 5) is 22.1. The number of non-ortho nitro benzene ring substituents is 1. The zero-order chi connectivity index (χ0) is 14.4. The lowest BCUT2D eigenvalue weighted by Gasteiger charge is -2.21. The van der Waals surface area contributed by atoms with Crippen LogP contribution >= 0.6 is 0 Å². The SMILES string of the molecule is CC(C)C(CCO)NC(=O)c1cccc([N+](=O)[O-])c1. The number of nitrogens with one attached hydrogen (secondary N) is 1. The molecule has 1 unspecified atom stereocenters. The lowest BCUT2D eigenvalue weighted by atomic mass is 10.0. The molecule has 0 aliphatic heterocycles. The summed E-state index contributed by atoms with van der Waals surface area (Å²) in [6.45, 7) is 3.86. The Balaban J connectivity index is 2.82. The number of aliphatic hydroxyl groups excluding tert-OH is 1. The average molecular weight is 266 g/mol. The summed E-state index contributed by atoms with van der Waals surface area (Å²) in [7, 11) is 0. The van der Waals surface area contributed by atoms with Gasteiger partial charge in [-0.05, 0) is 18.4 Å². The normalized spacial score (nSPS) is 12.2. The quantitative estimate of drug-likeness (QED) is 0.605. The van der Waals surface area contributed by atoms with E-state index >= 15 is 0 Å². The summed E-state index contributed by atoms with van der Waals surface area (Å²) in [5.74, 6) is -0.189. The van der Waals surface area contributed by atoms with Gasteiger partial charge in [-0.15, -0.1) is 0 Å². The number of benzene rings is 1. The van der Waals surface area contributed by atoms with Crippen molar-refractivity contribution in [3.05, 3.63) is 39.9 Å². The second kappa shape index (κ2) is 6.84. The summed E-state index contributed by atoms with van der Waals surface area (Å²) >= 11 is 0. The van der Waals surface area contributed by atoms with Gasteiger partial charge in [0.05, 0.1) is 4.92 Å². The fourth-order valence-corrected chi connectivity index (χ4v) is 1.72. The molecule has 1 rings (SSSR count). The Morgan fingerprint density at radius 3 is 2.68 bits per heavy atom. The van der Waals surface area contributed by atoms with E-state index in [1.165, 1.54) is 24.3 Å². The Bertz CT molecular complexity index is 460. The van der Waals surface area contributed by atoms with E-state index in [1.54, 1.807) is 0 Å². The molecule has 0 aliphatic carbocycles. The van der Waals surface area contributed by atoms with Crippen LogP contribution in [-0.2, 0) is 0 Å². The third-order valence-corrected chi connectivity index (χ3v) is 2.88. The predicted octanol–water partition coefficient (Wildman–Crippen LogP) is 1.73. The molecule has 0 fully saturated rings. The van der Waals surface area contributed by atoms with Crippen LogP contribution in [0.15, 0.2) is 24.3 Å². The topological polar surface area (TPSA) is 92.5 Å². The van der Waals surface area contributed by atoms with Crippen molar-refractivity contribution in [2.75, 3.05) is 6.61 Å². The maximum Gasteiger partial charge on any atom is 0.270 e. The molecule has 6 nitrogen and oxygen atoms in total. The molecule has 0 radical (unpaired) electrons. The standard InChI is InChI=1S/C13H18N2O4/c1-9(2)12(6-7-16)14-13(17)10-4-3-5-11(8-10)15(18)19/h3-5,8-9,12,16H,6-7H2,1-2H3,(H,14,17). The smallest absolute Gasteiger partial charge is 0.270 e. The third kappa shape index (κ3) is 4.33. The molecule has 0 saturated heterocycles. The third-order valence-electron chi connectivity index (χ3n) is 2.88. The molecule has 0 aromatic heterocycles. The second-order valence-electron chi connectivity index (χ2n) is 4.64. The zero-order valence-corrected chi connectivity index (χ0v) is 11.0. The number of hydrogen-bond acceptors (Lipinski definition) is 4. The van der Waals surface area contributed by atoms with Crippen LogP contribution < -0.4 is 5.32 Å². The van der Waals surface area contributed by atoms with E-state index in [0.717, 1.165) is 0 Å². The van der Waals surface area contributed by atoms with Crippen molar-refractivity contribution >= 4 is 11.6 Å². The van der Waals surface area contributed by atoms with Gasteiger partial charge in [-0.3, -0.25) is 14.9 Å². The van der Waals surface area contributed by atoms with Crippen LogP contribution in [0.25, 0.3) is 0 Å². The number of nitro benzene ring substituents is 1. The molecule has 1 aromatic carbocycles. The highest BCUT2D eigenvalue weighted by Gasteiger charge is 2.18. The van der Waals surface area contributed by atoms with Crippen molar-refractivity contribution in [1.82, 2.24) is 5.32 Å². The minimum atomic E-state index is -0.537. The van der Waals surface area contributed by atoms with Crippen molar-refractivity contribution in [3.63, 3.8) is 0 Å². The Morgan fingerprint density at radius 2 is 2.16 bits per heavy atom. The molecule has 1 atom stereocenters. The van der Waals surface area contributed by atoms with Crippen LogP contribution in [-0.4, -0.2) is 28.6 Å². The largest absolute Gasteiger partial charge is 0.396 e. The summed E-state index contributed by atoms with van der Waals surface area (Å²) < 4.78 is 0. The highest BCUT2D eigenvalue weighted by Crippen LogP contribution is 2.14. The molecule has 19 heavy (non-hydrogen) atoms. The summed E-state index contributed by atoms with van der Waals surface area (Å²) in [5, 5.41) is 22.4. The lowest BCUT2D eigenvalue weighted by molar-refractivity contribution is -0.384. The van der Waals surface area contributed by atoms with Crippen LogP contribution in [0.2, 0.25) is 0 Å². The minimum Gasteiger partial charge on any atom is -0.396 e. The molecular formula is C13H18N2O4. The van der Waals surface area contributed by atoms with Crippen LogP contribution in [0.3, 0.4) is 0 Å². The van der Waals surface area contributed by atoms with Crippen molar-refractivity contribution < 1.29 is 14.8 Å². The maximum atomic E-state index is 12.0. The van der Waals surface area contributed by atoms with Gasteiger partial charge in [0.15, 0.2) is 0 Å². The monoisotopic (exact) mass is 266 g/mol. The summed E-state index contributed by atoms with van der Waals surface area (Å²) in [6.07, 6.45) is 0.457. The zero-order valence-electron chi connectivity index (χ0n) is 11.0. The van der Waals surface area contributed by atoms with Gasteiger partial charge in [0.1, 0.15) is 0 Å². The Hall–Kier alpha value is -1.95. The highest BCUT2D eigenvalue weighted by atomic mass is 16.6. The fraction of sp³-hybridized carbons (Fsp3) is 0.462. The summed E-state index contributed by atoms with van der Waals surface area (Å²) in [5.41, 5.74) is 0.133. The molecule has 0 aliphatic rings. The molecule has 2 N–H and O–H groups in total. The van der Waals surface area contributed by atoms with E-state index in [9.17, 15) is 14.9 Å². The van der Waals surface area contributed by atoms with E-state index in [2.05, 4.69) is 5.32 Å². The van der Waals surface area contributed by atoms with E-state index in [-0.39, 0.29) is 35.7 Å². The number of hydrogen-bond donors (Lipinski definition) is 2. The number of aliphatic hydroxyl groups is 1. The molecule has 6 heteroatoms. The number of carbonyl (C=O) groups excluding carboxylic acids is 1. The van der Waals surface area contributed by atoms with E-state index in [0.29, 0.717) is 6.42 Å². The maximum absolute atomic E-state index is 12.0. The van der Waals surface area contributed by atoms with Gasteiger partial charge in [0.25, 0.3) is 11.6 Å². The Morgan fingerprint density at radius 1 is 1.47 bits per heavy atom. The number of amides is 1. The van der Waals surface area contributed by atoms with Crippen LogP contribution in [0.4, 0.5) is 5.69 Å². The molecule has 0 heterocycles. The van der Waals surface area contributed by atoms with Crippen molar-refractivity contribution in [1.29, 1.82) is 0 Å². The first-order valence-electron chi connectivity index (χ1n) is 6.12. The number of nitro groups is 1. The van der Waals surface area contributed by atoms with Gasteiger partial charge in [-0.25, -0.2) is 0 Å². The van der Waals surface area contributed by atoms with Crippen molar-refractivity contribution in [3.8, 4) is 0 Å². The predicted molar refractivity (Wildman–Crippen MR) is 70.9 cm³/mol. The lowest BCUT2D eigenvalue weighted by Crippen LogP contribution is -2.39. The molecular weight excluding hydrogens is 248 g/mol. The second-order valence-corrected chi connectivity index (χ2v) is 4.64. The van der Waals surface area contributed by atoms with Gasteiger partial charge in [0.2, 0.25) is 0 Å². The molecule has 1 amide bonds. The molecule has 1 aromatic rings. The Kier molecular flexibility index (Phi) is 5.44. The highest BCUT2D eigenvalue weighted by molar-refractivity contribution is 5.95. The van der Waals surface area contributed by atoms with E-state index in [1.807, 2.05) is 13.8 Å². The molecule has 0 spiro atoms. The number of carbonyl (C=O) groups is 1. The Labute approximate surface area is 111 Å². The van der Waals surface area contributed by atoms with Crippen LogP contribution in [0.1, 0.15) is 30.6 Å². The first-order chi connectivity index (χ1) is 8.95.